The van der Waals surface area contributed by atoms with Crippen molar-refractivity contribution in [3.8, 4) is 0 Å². The molecule has 1 aromatic heterocycles. The van der Waals surface area contributed by atoms with Crippen molar-refractivity contribution in [1.29, 1.82) is 0 Å². The predicted molar refractivity (Wildman–Crippen MR) is 52.7 cm³/mol. The standard InChI is InChI=1S/C11H15F2N/c1-8(2)11-9(4-3-7-14-11)5-6-10(12)13/h3-4,7-8,10H,5-6H2,1-2H3. The zero-order chi connectivity index (χ0) is 10.6. The molecule has 0 aliphatic rings. The van der Waals surface area contributed by atoms with Gasteiger partial charge in [0.05, 0.1) is 0 Å². The van der Waals surface area contributed by atoms with Crippen LogP contribution in [0.4, 0.5) is 8.78 Å². The van der Waals surface area contributed by atoms with Crippen molar-refractivity contribution in [3.63, 3.8) is 0 Å². The third kappa shape index (κ3) is 3.05. The molecule has 0 radical (unpaired) electrons. The lowest BCUT2D eigenvalue weighted by Gasteiger charge is -2.10. The van der Waals surface area contributed by atoms with Crippen LogP contribution >= 0.6 is 0 Å². The van der Waals surface area contributed by atoms with Crippen LogP contribution in [0.15, 0.2) is 18.3 Å². The van der Waals surface area contributed by atoms with Gasteiger partial charge in [0.25, 0.3) is 0 Å². The van der Waals surface area contributed by atoms with Gasteiger partial charge >= 0.3 is 0 Å². The maximum absolute atomic E-state index is 12.0. The molecule has 0 amide bonds. The van der Waals surface area contributed by atoms with Gasteiger partial charge in [0.15, 0.2) is 0 Å². The Kier molecular flexibility index (Phi) is 3.98. The summed E-state index contributed by atoms with van der Waals surface area (Å²) in [5.41, 5.74) is 1.89. The summed E-state index contributed by atoms with van der Waals surface area (Å²) in [6.45, 7) is 4.04. The summed E-state index contributed by atoms with van der Waals surface area (Å²) >= 11 is 0. The number of aromatic nitrogens is 1. The Hall–Kier alpha value is -0.990. The van der Waals surface area contributed by atoms with E-state index in [-0.39, 0.29) is 6.42 Å². The Bertz CT molecular complexity index is 284. The van der Waals surface area contributed by atoms with Crippen molar-refractivity contribution in [3.05, 3.63) is 29.6 Å². The van der Waals surface area contributed by atoms with Crippen molar-refractivity contribution >= 4 is 0 Å². The van der Waals surface area contributed by atoms with Gasteiger partial charge < -0.3 is 0 Å². The molecule has 3 heteroatoms. The van der Waals surface area contributed by atoms with Crippen LogP contribution in [0.3, 0.4) is 0 Å². The molecule has 0 unspecified atom stereocenters. The van der Waals surface area contributed by atoms with Gasteiger partial charge in [0.2, 0.25) is 6.43 Å². The normalized spacial score (nSPS) is 11.3. The van der Waals surface area contributed by atoms with Crippen molar-refractivity contribution < 1.29 is 8.78 Å². The van der Waals surface area contributed by atoms with E-state index in [9.17, 15) is 8.78 Å². The van der Waals surface area contributed by atoms with Gasteiger partial charge in [0, 0.05) is 18.3 Å². The Morgan fingerprint density at radius 1 is 1.36 bits per heavy atom. The third-order valence-corrected chi connectivity index (χ3v) is 2.10. The summed E-state index contributed by atoms with van der Waals surface area (Å²) in [6.07, 6.45) is -0.179. The molecule has 1 aromatic rings. The molecule has 0 saturated carbocycles. The van der Waals surface area contributed by atoms with Crippen LogP contribution < -0.4 is 0 Å². The second kappa shape index (κ2) is 5.03. The second-order valence-electron chi connectivity index (χ2n) is 3.63. The molecule has 0 N–H and O–H groups in total. The van der Waals surface area contributed by atoms with Crippen molar-refractivity contribution in [2.24, 2.45) is 0 Å². The van der Waals surface area contributed by atoms with Gasteiger partial charge in [-0.25, -0.2) is 8.78 Å². The SMILES string of the molecule is CC(C)c1ncccc1CCC(F)F. The highest BCUT2D eigenvalue weighted by molar-refractivity contribution is 5.22. The summed E-state index contributed by atoms with van der Waals surface area (Å²) in [7, 11) is 0. The van der Waals surface area contributed by atoms with Gasteiger partial charge in [-0.2, -0.15) is 0 Å². The largest absolute Gasteiger partial charge is 0.261 e. The van der Waals surface area contributed by atoms with Gasteiger partial charge in [-0.15, -0.1) is 0 Å². The molecule has 0 atom stereocenters. The summed E-state index contributed by atoms with van der Waals surface area (Å²) in [4.78, 5) is 4.21. The molecule has 1 nitrogen and oxygen atoms in total. The lowest BCUT2D eigenvalue weighted by atomic mass is 10.0. The molecule has 14 heavy (non-hydrogen) atoms. The smallest absolute Gasteiger partial charge is 0.239 e. The van der Waals surface area contributed by atoms with Crippen LogP contribution in [0.2, 0.25) is 0 Å². The summed E-state index contributed by atoms with van der Waals surface area (Å²) < 4.78 is 24.1. The highest BCUT2D eigenvalue weighted by atomic mass is 19.3. The molecule has 0 aromatic carbocycles. The predicted octanol–water partition coefficient (Wildman–Crippen LogP) is 3.40. The maximum Gasteiger partial charge on any atom is 0.239 e. The van der Waals surface area contributed by atoms with E-state index < -0.39 is 6.43 Å². The quantitative estimate of drug-likeness (QED) is 0.724. The fraction of sp³-hybridized carbons (Fsp3) is 0.545. The fourth-order valence-corrected chi connectivity index (χ4v) is 1.45. The van der Waals surface area contributed by atoms with E-state index >= 15 is 0 Å². The van der Waals surface area contributed by atoms with Crippen molar-refractivity contribution in [2.75, 3.05) is 0 Å². The number of halogens is 2. The average molecular weight is 199 g/mol. The molecule has 0 spiro atoms. The Morgan fingerprint density at radius 2 is 2.07 bits per heavy atom. The van der Waals surface area contributed by atoms with Crippen molar-refractivity contribution in [1.82, 2.24) is 4.98 Å². The Balaban J connectivity index is 2.74. The second-order valence-corrected chi connectivity index (χ2v) is 3.63. The number of alkyl halides is 2. The summed E-state index contributed by atoms with van der Waals surface area (Å²) in [5, 5.41) is 0. The summed E-state index contributed by atoms with van der Waals surface area (Å²) in [6, 6.07) is 3.68. The van der Waals surface area contributed by atoms with Gasteiger partial charge in [-0.3, -0.25) is 4.98 Å². The van der Waals surface area contributed by atoms with Gasteiger partial charge in [-0.1, -0.05) is 19.9 Å². The van der Waals surface area contributed by atoms with E-state index in [1.807, 2.05) is 19.9 Å². The van der Waals surface area contributed by atoms with Crippen LogP contribution in [0.5, 0.6) is 0 Å². The van der Waals surface area contributed by atoms with Crippen LogP contribution in [0.25, 0.3) is 0 Å². The van der Waals surface area contributed by atoms with E-state index in [0.717, 1.165) is 11.3 Å². The minimum atomic E-state index is -2.23. The van der Waals surface area contributed by atoms with E-state index in [2.05, 4.69) is 4.98 Å². The molecule has 0 aliphatic carbocycles. The Labute approximate surface area is 83.2 Å². The number of hydrogen-bond donors (Lipinski definition) is 0. The number of hydrogen-bond acceptors (Lipinski definition) is 1. The van der Waals surface area contributed by atoms with E-state index in [0.29, 0.717) is 12.3 Å². The Morgan fingerprint density at radius 3 is 2.64 bits per heavy atom. The van der Waals surface area contributed by atoms with Crippen molar-refractivity contribution in [2.45, 2.75) is 39.0 Å². The molecule has 0 aliphatic heterocycles. The number of aryl methyl sites for hydroxylation is 1. The molecular weight excluding hydrogens is 184 g/mol. The lowest BCUT2D eigenvalue weighted by molar-refractivity contribution is 0.138. The molecule has 0 bridgehead atoms. The molecule has 0 saturated heterocycles. The topological polar surface area (TPSA) is 12.9 Å². The highest BCUT2D eigenvalue weighted by Crippen LogP contribution is 2.18. The van der Waals surface area contributed by atoms with Crippen LogP contribution in [0.1, 0.15) is 37.4 Å². The first-order chi connectivity index (χ1) is 6.61. The monoisotopic (exact) mass is 199 g/mol. The zero-order valence-corrected chi connectivity index (χ0v) is 8.50. The first-order valence-corrected chi connectivity index (χ1v) is 4.83. The maximum atomic E-state index is 12.0. The van der Waals surface area contributed by atoms with Crippen LogP contribution in [-0.4, -0.2) is 11.4 Å². The number of pyridine rings is 1. The summed E-state index contributed by atoms with van der Waals surface area (Å²) in [5.74, 6) is 0.295. The van der Waals surface area contributed by atoms with E-state index in [1.54, 1.807) is 12.3 Å². The molecule has 78 valence electrons. The minimum absolute atomic E-state index is 0.0780. The van der Waals surface area contributed by atoms with Gasteiger partial charge in [0.1, 0.15) is 0 Å². The van der Waals surface area contributed by atoms with Gasteiger partial charge in [-0.05, 0) is 24.0 Å². The third-order valence-electron chi connectivity index (χ3n) is 2.10. The van der Waals surface area contributed by atoms with E-state index in [4.69, 9.17) is 0 Å². The van der Waals surface area contributed by atoms with Crippen LogP contribution in [-0.2, 0) is 6.42 Å². The molecule has 0 fully saturated rings. The zero-order valence-electron chi connectivity index (χ0n) is 8.50. The van der Waals surface area contributed by atoms with Crippen LogP contribution in [0, 0.1) is 0 Å². The molecule has 1 heterocycles. The lowest BCUT2D eigenvalue weighted by Crippen LogP contribution is -2.02. The molecule has 1 rings (SSSR count). The molecular formula is C11H15F2N. The van der Waals surface area contributed by atoms with E-state index in [1.165, 1.54) is 0 Å². The average Bonchev–Trinajstić information content (AvgIpc) is 2.15. The highest BCUT2D eigenvalue weighted by Gasteiger charge is 2.09. The first kappa shape index (κ1) is 11.1. The number of nitrogens with zero attached hydrogens (tertiary/aromatic N) is 1. The number of rotatable bonds is 4. The minimum Gasteiger partial charge on any atom is -0.261 e. The first-order valence-electron chi connectivity index (χ1n) is 4.83. The fourth-order valence-electron chi connectivity index (χ4n) is 1.45.